The molecule has 0 amide bonds. The van der Waals surface area contributed by atoms with E-state index in [2.05, 4.69) is 15.0 Å². The highest BCUT2D eigenvalue weighted by atomic mass is 32.2. The topological polar surface area (TPSA) is 84.2 Å². The molecule has 0 aliphatic rings. The maximum absolute atomic E-state index is 12.2. The summed E-state index contributed by atoms with van der Waals surface area (Å²) in [6, 6.07) is 1.54. The van der Waals surface area contributed by atoms with Crippen LogP contribution in [0, 0.1) is 13.8 Å². The van der Waals surface area contributed by atoms with Crippen molar-refractivity contribution in [2.75, 3.05) is 7.05 Å². The third kappa shape index (κ3) is 3.45. The zero-order valence-electron chi connectivity index (χ0n) is 11.6. The van der Waals surface area contributed by atoms with Gasteiger partial charge < -0.3 is 9.73 Å². The molecule has 2 rings (SSSR count). The highest BCUT2D eigenvalue weighted by Gasteiger charge is 2.21. The fourth-order valence-electron chi connectivity index (χ4n) is 1.77. The van der Waals surface area contributed by atoms with Crippen LogP contribution in [0.25, 0.3) is 0 Å². The number of nitrogens with zero attached hydrogens (tertiary/aromatic N) is 1. The Morgan fingerprint density at radius 2 is 2.10 bits per heavy atom. The molecule has 2 aromatic heterocycles. The van der Waals surface area contributed by atoms with E-state index in [1.807, 2.05) is 12.3 Å². The van der Waals surface area contributed by atoms with E-state index in [9.17, 15) is 8.42 Å². The van der Waals surface area contributed by atoms with Crippen LogP contribution in [0.15, 0.2) is 20.8 Å². The Balaban J connectivity index is 2.13. The van der Waals surface area contributed by atoms with E-state index in [1.54, 1.807) is 20.0 Å². The van der Waals surface area contributed by atoms with Crippen molar-refractivity contribution < 1.29 is 12.8 Å². The van der Waals surface area contributed by atoms with Gasteiger partial charge in [-0.2, -0.15) is 0 Å². The number of rotatable bonds is 6. The third-order valence-corrected chi connectivity index (χ3v) is 5.12. The SMILES string of the molecule is CNCc1cc(S(=O)(=O)NCc2nc(C)cs2)c(C)o1. The monoisotopic (exact) mass is 315 g/mol. The van der Waals surface area contributed by atoms with Gasteiger partial charge in [0.25, 0.3) is 0 Å². The van der Waals surface area contributed by atoms with E-state index in [4.69, 9.17) is 4.42 Å². The fraction of sp³-hybridized carbons (Fsp3) is 0.417. The average Bonchev–Trinajstić information content (AvgIpc) is 2.94. The highest BCUT2D eigenvalue weighted by molar-refractivity contribution is 7.89. The first kappa shape index (κ1) is 15.2. The molecule has 0 radical (unpaired) electrons. The van der Waals surface area contributed by atoms with Crippen molar-refractivity contribution in [3.05, 3.63) is 33.7 Å². The second-order valence-electron chi connectivity index (χ2n) is 4.37. The quantitative estimate of drug-likeness (QED) is 0.845. The van der Waals surface area contributed by atoms with E-state index < -0.39 is 10.0 Å². The first-order chi connectivity index (χ1) is 9.42. The van der Waals surface area contributed by atoms with Gasteiger partial charge in [-0.15, -0.1) is 11.3 Å². The lowest BCUT2D eigenvalue weighted by atomic mass is 10.4. The molecule has 0 aliphatic heterocycles. The molecule has 110 valence electrons. The van der Waals surface area contributed by atoms with Gasteiger partial charge in [0.05, 0.1) is 13.1 Å². The van der Waals surface area contributed by atoms with Crippen molar-refractivity contribution in [3.63, 3.8) is 0 Å². The molecule has 0 saturated heterocycles. The lowest BCUT2D eigenvalue weighted by Crippen LogP contribution is -2.23. The van der Waals surface area contributed by atoms with Crippen LogP contribution in [0.5, 0.6) is 0 Å². The Hall–Kier alpha value is -1.22. The van der Waals surface area contributed by atoms with Crippen molar-refractivity contribution >= 4 is 21.4 Å². The van der Waals surface area contributed by atoms with Gasteiger partial charge in [0.15, 0.2) is 0 Å². The van der Waals surface area contributed by atoms with Crippen molar-refractivity contribution in [1.29, 1.82) is 0 Å². The minimum absolute atomic E-state index is 0.177. The predicted molar refractivity (Wildman–Crippen MR) is 77.1 cm³/mol. The van der Waals surface area contributed by atoms with E-state index in [-0.39, 0.29) is 11.4 Å². The molecule has 0 atom stereocenters. The van der Waals surface area contributed by atoms with Crippen molar-refractivity contribution in [2.45, 2.75) is 31.8 Å². The molecule has 0 spiro atoms. The summed E-state index contributed by atoms with van der Waals surface area (Å²) in [6.45, 7) is 4.19. The van der Waals surface area contributed by atoms with Crippen molar-refractivity contribution in [2.24, 2.45) is 0 Å². The highest BCUT2D eigenvalue weighted by Crippen LogP contribution is 2.20. The van der Waals surface area contributed by atoms with Crippen molar-refractivity contribution in [1.82, 2.24) is 15.0 Å². The van der Waals surface area contributed by atoms with Crippen LogP contribution in [0.3, 0.4) is 0 Å². The molecule has 8 heteroatoms. The van der Waals surface area contributed by atoms with Crippen LogP contribution in [0.2, 0.25) is 0 Å². The minimum Gasteiger partial charge on any atom is -0.464 e. The van der Waals surface area contributed by atoms with E-state index >= 15 is 0 Å². The molecule has 0 aliphatic carbocycles. The van der Waals surface area contributed by atoms with Crippen LogP contribution in [0.4, 0.5) is 0 Å². The van der Waals surface area contributed by atoms with E-state index in [0.29, 0.717) is 18.1 Å². The Bertz CT molecular complexity index is 689. The first-order valence-corrected chi connectivity index (χ1v) is 8.43. The second-order valence-corrected chi connectivity index (χ2v) is 7.05. The number of thiazole rings is 1. The molecule has 0 bridgehead atoms. The maximum Gasteiger partial charge on any atom is 0.244 e. The standard InChI is InChI=1S/C12H17N3O3S2/c1-8-7-19-12(15-8)6-14-20(16,17)11-4-10(5-13-3)18-9(11)2/h4,7,13-14H,5-6H2,1-3H3. The molecule has 0 fully saturated rings. The van der Waals surface area contributed by atoms with Crippen LogP contribution in [0.1, 0.15) is 22.2 Å². The number of aromatic nitrogens is 1. The fourth-order valence-corrected chi connectivity index (χ4v) is 3.76. The average molecular weight is 315 g/mol. The zero-order chi connectivity index (χ0) is 14.8. The summed E-state index contributed by atoms with van der Waals surface area (Å²) in [4.78, 5) is 4.40. The summed E-state index contributed by atoms with van der Waals surface area (Å²) in [7, 11) is -1.81. The molecule has 2 N–H and O–H groups in total. The van der Waals surface area contributed by atoms with Gasteiger partial charge in [0, 0.05) is 17.1 Å². The minimum atomic E-state index is -3.58. The number of furan rings is 1. The Kier molecular flexibility index (Phi) is 4.59. The summed E-state index contributed by atoms with van der Waals surface area (Å²) in [6.07, 6.45) is 0. The lowest BCUT2D eigenvalue weighted by Gasteiger charge is -2.03. The van der Waals surface area contributed by atoms with Crippen LogP contribution < -0.4 is 10.0 Å². The number of hydrogen-bond donors (Lipinski definition) is 2. The van der Waals surface area contributed by atoms with Gasteiger partial charge in [-0.05, 0) is 20.9 Å². The summed E-state index contributed by atoms with van der Waals surface area (Å²) < 4.78 is 32.4. The van der Waals surface area contributed by atoms with Crippen molar-refractivity contribution in [3.8, 4) is 0 Å². The Morgan fingerprint density at radius 3 is 2.70 bits per heavy atom. The van der Waals surface area contributed by atoms with Gasteiger partial charge in [-0.3, -0.25) is 0 Å². The summed E-state index contributed by atoms with van der Waals surface area (Å²) in [5.74, 6) is 0.980. The number of hydrogen-bond acceptors (Lipinski definition) is 6. The smallest absolute Gasteiger partial charge is 0.244 e. The molecule has 0 aromatic carbocycles. The Morgan fingerprint density at radius 1 is 1.35 bits per heavy atom. The molecule has 0 saturated carbocycles. The molecular formula is C12H17N3O3S2. The zero-order valence-corrected chi connectivity index (χ0v) is 13.2. The summed E-state index contributed by atoms with van der Waals surface area (Å²) in [5.41, 5.74) is 0.889. The molecule has 2 heterocycles. The second kappa shape index (κ2) is 6.04. The van der Waals surface area contributed by atoms with Crippen LogP contribution in [-0.4, -0.2) is 20.4 Å². The Labute approximate surface area is 122 Å². The molecule has 0 unspecified atom stereocenters. The molecule has 20 heavy (non-hydrogen) atoms. The van der Waals surface area contributed by atoms with Gasteiger partial charge in [0.2, 0.25) is 10.0 Å². The normalized spacial score (nSPS) is 11.9. The summed E-state index contributed by atoms with van der Waals surface area (Å²) >= 11 is 1.43. The van der Waals surface area contributed by atoms with E-state index in [1.165, 1.54) is 11.3 Å². The maximum atomic E-state index is 12.2. The first-order valence-electron chi connectivity index (χ1n) is 6.07. The molecule has 2 aromatic rings. The third-order valence-electron chi connectivity index (χ3n) is 2.64. The van der Waals surface area contributed by atoms with Gasteiger partial charge in [-0.25, -0.2) is 18.1 Å². The lowest BCUT2D eigenvalue weighted by molar-refractivity contribution is 0.465. The van der Waals surface area contributed by atoms with Gasteiger partial charge in [0.1, 0.15) is 21.4 Å². The van der Waals surface area contributed by atoms with Gasteiger partial charge in [-0.1, -0.05) is 0 Å². The number of aryl methyl sites for hydroxylation is 2. The number of sulfonamides is 1. The number of nitrogens with one attached hydrogen (secondary N) is 2. The van der Waals surface area contributed by atoms with Crippen LogP contribution in [-0.2, 0) is 23.1 Å². The van der Waals surface area contributed by atoms with Crippen LogP contribution >= 0.6 is 11.3 Å². The predicted octanol–water partition coefficient (Wildman–Crippen LogP) is 1.55. The molecule has 6 nitrogen and oxygen atoms in total. The molecular weight excluding hydrogens is 298 g/mol. The van der Waals surface area contributed by atoms with E-state index in [0.717, 1.165) is 10.7 Å². The van der Waals surface area contributed by atoms with Gasteiger partial charge >= 0.3 is 0 Å². The largest absolute Gasteiger partial charge is 0.464 e. The summed E-state index contributed by atoms with van der Waals surface area (Å²) in [5, 5.41) is 5.54.